The molecule has 1 aliphatic heterocycles. The first-order valence-electron chi connectivity index (χ1n) is 6.60. The van der Waals surface area contributed by atoms with Gasteiger partial charge in [0.2, 0.25) is 0 Å². The van der Waals surface area contributed by atoms with Crippen molar-refractivity contribution < 1.29 is 25.2 Å². The van der Waals surface area contributed by atoms with Crippen LogP contribution in [-0.4, -0.2) is 33.1 Å². The number of para-hydroxylation sites is 2. The summed E-state index contributed by atoms with van der Waals surface area (Å²) in [5, 5.41) is 39.8. The highest BCUT2D eigenvalue weighted by Gasteiger charge is 2.49. The molecule has 3 rings (SSSR count). The first-order chi connectivity index (χ1) is 9.96. The maximum atomic E-state index is 10.2. The van der Waals surface area contributed by atoms with Gasteiger partial charge in [-0.2, -0.15) is 0 Å². The molecule has 1 saturated heterocycles. The van der Waals surface area contributed by atoms with E-state index in [2.05, 4.69) is 0 Å². The lowest BCUT2D eigenvalue weighted by Gasteiger charge is -2.30. The Morgan fingerprint density at radius 1 is 0.905 bits per heavy atom. The van der Waals surface area contributed by atoms with Crippen LogP contribution in [0.25, 0.3) is 0 Å². The maximum Gasteiger partial charge on any atom is 0.161 e. The summed E-state index contributed by atoms with van der Waals surface area (Å²) in [7, 11) is 0. The number of ether oxygens (including phenoxy) is 1. The Hall–Kier alpha value is -2.40. The van der Waals surface area contributed by atoms with Crippen molar-refractivity contribution >= 4 is 0 Å². The van der Waals surface area contributed by atoms with Crippen molar-refractivity contribution in [2.45, 2.75) is 18.4 Å². The van der Waals surface area contributed by atoms with E-state index >= 15 is 0 Å². The van der Waals surface area contributed by atoms with Crippen LogP contribution in [0.5, 0.6) is 23.0 Å². The van der Waals surface area contributed by atoms with Crippen molar-refractivity contribution in [3.8, 4) is 23.0 Å². The van der Waals surface area contributed by atoms with E-state index in [9.17, 15) is 20.4 Å². The summed E-state index contributed by atoms with van der Waals surface area (Å²) >= 11 is 0. The molecule has 0 spiro atoms. The van der Waals surface area contributed by atoms with E-state index in [-0.39, 0.29) is 29.1 Å². The average molecular weight is 288 g/mol. The van der Waals surface area contributed by atoms with E-state index in [1.807, 2.05) is 0 Å². The van der Waals surface area contributed by atoms with E-state index in [4.69, 9.17) is 4.74 Å². The number of epoxide rings is 1. The van der Waals surface area contributed by atoms with E-state index in [0.717, 1.165) is 0 Å². The third kappa shape index (κ3) is 1.97. The lowest BCUT2D eigenvalue weighted by molar-refractivity contribution is 0.312. The zero-order valence-corrected chi connectivity index (χ0v) is 11.4. The number of aromatic hydroxyl groups is 4. The molecule has 0 amide bonds. The Morgan fingerprint density at radius 2 is 1.33 bits per heavy atom. The lowest BCUT2D eigenvalue weighted by Crippen LogP contribution is -2.30. The SMILES string of the molecule is CC(c1cccc(O)c1O)(c1cccc(O)c1O)C1CO1. The molecule has 0 saturated carbocycles. The Morgan fingerprint density at radius 3 is 1.71 bits per heavy atom. The second-order valence-electron chi connectivity index (χ2n) is 5.37. The monoisotopic (exact) mass is 288 g/mol. The quantitative estimate of drug-likeness (QED) is 0.513. The van der Waals surface area contributed by atoms with E-state index in [1.165, 1.54) is 12.1 Å². The molecule has 2 aromatic rings. The van der Waals surface area contributed by atoms with Crippen molar-refractivity contribution in [3.63, 3.8) is 0 Å². The molecule has 5 heteroatoms. The molecule has 0 radical (unpaired) electrons. The number of phenols is 4. The molecular weight excluding hydrogens is 272 g/mol. The fraction of sp³-hybridized carbons (Fsp3) is 0.250. The zero-order chi connectivity index (χ0) is 15.2. The smallest absolute Gasteiger partial charge is 0.161 e. The first kappa shape index (κ1) is 13.6. The van der Waals surface area contributed by atoms with Gasteiger partial charge in [-0.05, 0) is 19.1 Å². The molecular formula is C16H16O5. The van der Waals surface area contributed by atoms with Crippen LogP contribution in [0.4, 0.5) is 0 Å². The summed E-state index contributed by atoms with van der Waals surface area (Å²) in [5.74, 6) is -0.977. The van der Waals surface area contributed by atoms with Crippen molar-refractivity contribution in [2.75, 3.05) is 6.61 Å². The molecule has 0 bridgehead atoms. The van der Waals surface area contributed by atoms with Gasteiger partial charge in [0.15, 0.2) is 23.0 Å². The summed E-state index contributed by atoms with van der Waals surface area (Å²) in [6.45, 7) is 2.27. The molecule has 1 fully saturated rings. The number of hydrogen-bond donors (Lipinski definition) is 4. The number of benzene rings is 2. The van der Waals surface area contributed by atoms with Gasteiger partial charge < -0.3 is 25.2 Å². The summed E-state index contributed by atoms with van der Waals surface area (Å²) in [4.78, 5) is 0. The van der Waals surface area contributed by atoms with Gasteiger partial charge in [-0.3, -0.25) is 0 Å². The summed E-state index contributed by atoms with van der Waals surface area (Å²) in [6, 6.07) is 9.33. The highest BCUT2D eigenvalue weighted by molar-refractivity contribution is 5.58. The van der Waals surface area contributed by atoms with Crippen LogP contribution in [0.2, 0.25) is 0 Å². The van der Waals surface area contributed by atoms with E-state index in [1.54, 1.807) is 31.2 Å². The fourth-order valence-corrected chi connectivity index (χ4v) is 2.77. The molecule has 1 heterocycles. The van der Waals surface area contributed by atoms with E-state index in [0.29, 0.717) is 17.7 Å². The van der Waals surface area contributed by atoms with Gasteiger partial charge in [0.1, 0.15) is 0 Å². The molecule has 0 aromatic heterocycles. The molecule has 2 aromatic carbocycles. The number of phenolic OH excluding ortho intramolecular Hbond substituents is 4. The standard InChI is InChI=1S/C16H16O5/c1-16(13-8-21-13,9-4-2-6-11(17)14(9)19)10-5-3-7-12(18)15(10)20/h2-7,13,17-20H,8H2,1H3. The van der Waals surface area contributed by atoms with Gasteiger partial charge in [-0.25, -0.2) is 0 Å². The predicted molar refractivity (Wildman–Crippen MR) is 75.7 cm³/mol. The summed E-state index contributed by atoms with van der Waals surface area (Å²) in [5.41, 5.74) is -0.0112. The third-order valence-corrected chi connectivity index (χ3v) is 4.13. The largest absolute Gasteiger partial charge is 0.504 e. The topological polar surface area (TPSA) is 93.5 Å². The minimum Gasteiger partial charge on any atom is -0.504 e. The van der Waals surface area contributed by atoms with Gasteiger partial charge in [0.05, 0.1) is 18.1 Å². The van der Waals surface area contributed by atoms with Crippen LogP contribution in [0.1, 0.15) is 18.1 Å². The van der Waals surface area contributed by atoms with Crippen LogP contribution in [0.15, 0.2) is 36.4 Å². The van der Waals surface area contributed by atoms with Crippen molar-refractivity contribution in [3.05, 3.63) is 47.5 Å². The van der Waals surface area contributed by atoms with Crippen LogP contribution >= 0.6 is 0 Å². The predicted octanol–water partition coefficient (Wildman–Crippen LogP) is 2.21. The van der Waals surface area contributed by atoms with Gasteiger partial charge in [0, 0.05) is 11.1 Å². The van der Waals surface area contributed by atoms with Crippen LogP contribution in [0.3, 0.4) is 0 Å². The number of hydrogen-bond acceptors (Lipinski definition) is 5. The molecule has 4 N–H and O–H groups in total. The maximum absolute atomic E-state index is 10.2. The van der Waals surface area contributed by atoms with Gasteiger partial charge in [-0.15, -0.1) is 0 Å². The molecule has 1 atom stereocenters. The molecule has 1 unspecified atom stereocenters. The summed E-state index contributed by atoms with van der Waals surface area (Å²) in [6.07, 6.45) is -0.252. The first-order valence-corrected chi connectivity index (χ1v) is 6.60. The number of rotatable bonds is 3. The third-order valence-electron chi connectivity index (χ3n) is 4.13. The van der Waals surface area contributed by atoms with Crippen LogP contribution < -0.4 is 0 Å². The minimum absolute atomic E-state index is 0.237. The zero-order valence-electron chi connectivity index (χ0n) is 11.4. The van der Waals surface area contributed by atoms with Gasteiger partial charge in [-0.1, -0.05) is 24.3 Å². The molecule has 0 aliphatic carbocycles. The lowest BCUT2D eigenvalue weighted by atomic mass is 9.72. The molecule has 5 nitrogen and oxygen atoms in total. The van der Waals surface area contributed by atoms with Crippen LogP contribution in [0, 0.1) is 0 Å². The van der Waals surface area contributed by atoms with Gasteiger partial charge >= 0.3 is 0 Å². The van der Waals surface area contributed by atoms with Crippen molar-refractivity contribution in [1.82, 2.24) is 0 Å². The van der Waals surface area contributed by atoms with Crippen LogP contribution in [-0.2, 0) is 10.2 Å². The Labute approximate surface area is 121 Å². The highest BCUT2D eigenvalue weighted by atomic mass is 16.6. The molecule has 110 valence electrons. The van der Waals surface area contributed by atoms with Crippen molar-refractivity contribution in [1.29, 1.82) is 0 Å². The van der Waals surface area contributed by atoms with Gasteiger partial charge in [0.25, 0.3) is 0 Å². The van der Waals surface area contributed by atoms with E-state index < -0.39 is 5.41 Å². The molecule has 1 aliphatic rings. The average Bonchev–Trinajstić information content (AvgIpc) is 3.29. The Bertz CT molecular complexity index is 640. The Balaban J connectivity index is 2.25. The second-order valence-corrected chi connectivity index (χ2v) is 5.37. The van der Waals surface area contributed by atoms with Crippen molar-refractivity contribution in [2.24, 2.45) is 0 Å². The Kier molecular flexibility index (Phi) is 2.95. The minimum atomic E-state index is -0.883. The molecule has 21 heavy (non-hydrogen) atoms. The normalized spacial score (nSPS) is 17.7. The second kappa shape index (κ2) is 4.56. The summed E-state index contributed by atoms with van der Waals surface area (Å²) < 4.78 is 5.39. The fourth-order valence-electron chi connectivity index (χ4n) is 2.77. The highest BCUT2D eigenvalue weighted by Crippen LogP contribution is 2.51.